The zero-order chi connectivity index (χ0) is 39.6. The quantitative estimate of drug-likeness (QED) is 0.169. The van der Waals surface area contributed by atoms with Crippen molar-refractivity contribution in [3.05, 3.63) is 218 Å². The first-order valence-electron chi connectivity index (χ1n) is 20.4. The Bertz CT molecular complexity index is 3480. The monoisotopic (exact) mass is 764 g/mol. The summed E-state index contributed by atoms with van der Waals surface area (Å²) in [5, 5.41) is 5.99. The summed E-state index contributed by atoms with van der Waals surface area (Å²) < 4.78 is 4.82. The van der Waals surface area contributed by atoms with E-state index in [4.69, 9.17) is 9.97 Å². The Morgan fingerprint density at radius 3 is 1.48 bits per heavy atom. The maximum absolute atomic E-state index is 5.19. The van der Waals surface area contributed by atoms with Crippen molar-refractivity contribution >= 4 is 49.1 Å². The molecule has 0 aliphatic heterocycles. The second-order valence-electron chi connectivity index (χ2n) is 15.5. The number of aromatic nitrogens is 4. The molecule has 60 heavy (non-hydrogen) atoms. The Hall–Kier alpha value is -8.08. The highest BCUT2D eigenvalue weighted by molar-refractivity contribution is 6.09. The first kappa shape index (κ1) is 34.0. The van der Waals surface area contributed by atoms with E-state index in [1.54, 1.807) is 0 Å². The Labute approximate surface area is 346 Å². The lowest BCUT2D eigenvalue weighted by molar-refractivity contribution is 1.15. The van der Waals surface area contributed by atoms with Gasteiger partial charge in [0.05, 0.1) is 27.9 Å². The Morgan fingerprint density at radius 1 is 0.317 bits per heavy atom. The van der Waals surface area contributed by atoms with Crippen molar-refractivity contribution in [2.75, 3.05) is 0 Å². The standard InChI is InChI=1S/C56H36N4/c1-2-16-47(17-3-1)59-52-20-10-11-21-53(52)60-51-19-9-8-18-48(51)54(56(59)60)42-30-24-40(25-31-42)39-22-28-41(29-23-39)49-36-50(45-32-26-37-12-4-6-14-43(37)34-45)58-55(57-49)46-33-27-38-13-5-7-15-44(38)35-46/h1-36H. The third-order valence-corrected chi connectivity index (χ3v) is 11.9. The Morgan fingerprint density at radius 2 is 0.800 bits per heavy atom. The highest BCUT2D eigenvalue weighted by Crippen LogP contribution is 2.41. The normalized spacial score (nSPS) is 11.7. The molecule has 3 heterocycles. The fraction of sp³-hybridized carbons (Fsp3) is 0. The SMILES string of the molecule is c1ccc(-n2c3ccccc3n3c4ccccc4c(-c4ccc(-c5ccc(-c6cc(-c7ccc8ccccc8c7)nc(-c7ccc8ccccc8c7)n6)cc5)cc4)c23)cc1. The summed E-state index contributed by atoms with van der Waals surface area (Å²) in [4.78, 5) is 10.4. The van der Waals surface area contributed by atoms with Crippen molar-refractivity contribution in [1.82, 2.24) is 18.9 Å². The summed E-state index contributed by atoms with van der Waals surface area (Å²) in [6.07, 6.45) is 0. The van der Waals surface area contributed by atoms with Gasteiger partial charge in [-0.1, -0.05) is 170 Å². The van der Waals surface area contributed by atoms with Crippen LogP contribution in [0, 0.1) is 0 Å². The fourth-order valence-corrected chi connectivity index (χ4v) is 8.97. The van der Waals surface area contributed by atoms with Gasteiger partial charge in [-0.25, -0.2) is 9.97 Å². The van der Waals surface area contributed by atoms with Crippen LogP contribution in [-0.2, 0) is 0 Å². The van der Waals surface area contributed by atoms with E-state index in [0.717, 1.165) is 50.5 Å². The zero-order valence-electron chi connectivity index (χ0n) is 32.6. The predicted molar refractivity (Wildman–Crippen MR) is 250 cm³/mol. The van der Waals surface area contributed by atoms with Crippen LogP contribution in [0.4, 0.5) is 0 Å². The number of hydrogen-bond donors (Lipinski definition) is 0. The van der Waals surface area contributed by atoms with Gasteiger partial charge in [-0.15, -0.1) is 0 Å². The Kier molecular flexibility index (Phi) is 7.82. The van der Waals surface area contributed by atoms with Crippen LogP contribution in [0.3, 0.4) is 0 Å². The molecule has 0 saturated carbocycles. The fourth-order valence-electron chi connectivity index (χ4n) is 8.97. The molecule has 9 aromatic carbocycles. The molecule has 0 aliphatic rings. The molecule has 12 rings (SSSR count). The molecule has 0 fully saturated rings. The van der Waals surface area contributed by atoms with Crippen LogP contribution in [0.25, 0.3) is 111 Å². The molecule has 4 nitrogen and oxygen atoms in total. The lowest BCUT2D eigenvalue weighted by Gasteiger charge is -2.12. The number of para-hydroxylation sites is 4. The zero-order valence-corrected chi connectivity index (χ0v) is 32.6. The van der Waals surface area contributed by atoms with Crippen molar-refractivity contribution in [3.63, 3.8) is 0 Å². The summed E-state index contributed by atoms with van der Waals surface area (Å²) in [6, 6.07) is 78.0. The van der Waals surface area contributed by atoms with Crippen molar-refractivity contribution in [2.45, 2.75) is 0 Å². The van der Waals surface area contributed by atoms with Crippen molar-refractivity contribution in [3.8, 4) is 61.8 Å². The lowest BCUT2D eigenvalue weighted by Crippen LogP contribution is -1.96. The smallest absolute Gasteiger partial charge is 0.160 e. The minimum atomic E-state index is 0.708. The number of fused-ring (bicyclic) bond motifs is 7. The predicted octanol–water partition coefficient (Wildman–Crippen LogP) is 14.5. The van der Waals surface area contributed by atoms with Crippen LogP contribution < -0.4 is 0 Å². The minimum absolute atomic E-state index is 0.708. The van der Waals surface area contributed by atoms with Crippen LogP contribution >= 0.6 is 0 Å². The minimum Gasteiger partial charge on any atom is -0.293 e. The first-order chi connectivity index (χ1) is 29.7. The average molecular weight is 765 g/mol. The van der Waals surface area contributed by atoms with Crippen molar-refractivity contribution in [2.24, 2.45) is 0 Å². The third-order valence-electron chi connectivity index (χ3n) is 11.9. The van der Waals surface area contributed by atoms with Gasteiger partial charge in [-0.3, -0.25) is 8.97 Å². The summed E-state index contributed by atoms with van der Waals surface area (Å²) in [5.74, 6) is 0.708. The summed E-state index contributed by atoms with van der Waals surface area (Å²) >= 11 is 0. The molecule has 0 unspecified atom stereocenters. The number of imidazole rings is 1. The molecule has 280 valence electrons. The van der Waals surface area contributed by atoms with Gasteiger partial charge in [-0.05, 0) is 86.8 Å². The van der Waals surface area contributed by atoms with Gasteiger partial charge in [0.15, 0.2) is 5.82 Å². The van der Waals surface area contributed by atoms with Gasteiger partial charge >= 0.3 is 0 Å². The third kappa shape index (κ3) is 5.61. The molecule has 12 aromatic rings. The van der Waals surface area contributed by atoms with Crippen molar-refractivity contribution < 1.29 is 0 Å². The largest absolute Gasteiger partial charge is 0.293 e. The second-order valence-corrected chi connectivity index (χ2v) is 15.5. The van der Waals surface area contributed by atoms with Crippen LogP contribution in [0.15, 0.2) is 218 Å². The van der Waals surface area contributed by atoms with E-state index in [9.17, 15) is 0 Å². The van der Waals surface area contributed by atoms with E-state index in [2.05, 4.69) is 227 Å². The molecule has 4 heteroatoms. The molecular weight excluding hydrogens is 729 g/mol. The van der Waals surface area contributed by atoms with Gasteiger partial charge < -0.3 is 0 Å². The highest BCUT2D eigenvalue weighted by atomic mass is 15.1. The Balaban J connectivity index is 0.941. The first-order valence-corrected chi connectivity index (χ1v) is 20.4. The highest BCUT2D eigenvalue weighted by Gasteiger charge is 2.22. The van der Waals surface area contributed by atoms with E-state index in [1.165, 1.54) is 54.6 Å². The van der Waals surface area contributed by atoms with Gasteiger partial charge in [0.25, 0.3) is 0 Å². The van der Waals surface area contributed by atoms with Crippen LogP contribution in [-0.4, -0.2) is 18.9 Å². The van der Waals surface area contributed by atoms with Gasteiger partial charge in [-0.2, -0.15) is 0 Å². The van der Waals surface area contributed by atoms with E-state index in [1.807, 2.05) is 0 Å². The number of nitrogens with zero attached hydrogens (tertiary/aromatic N) is 4. The molecule has 0 saturated heterocycles. The summed E-state index contributed by atoms with van der Waals surface area (Å²) in [6.45, 7) is 0. The maximum atomic E-state index is 5.19. The number of rotatable bonds is 6. The van der Waals surface area contributed by atoms with Crippen LogP contribution in [0.5, 0.6) is 0 Å². The second kappa shape index (κ2) is 13.8. The molecule has 0 amide bonds. The topological polar surface area (TPSA) is 35.1 Å². The molecule has 3 aromatic heterocycles. The molecule has 0 atom stereocenters. The van der Waals surface area contributed by atoms with Gasteiger partial charge in [0.1, 0.15) is 5.65 Å². The van der Waals surface area contributed by atoms with E-state index >= 15 is 0 Å². The molecule has 0 radical (unpaired) electrons. The van der Waals surface area contributed by atoms with Crippen molar-refractivity contribution in [1.29, 1.82) is 0 Å². The summed E-state index contributed by atoms with van der Waals surface area (Å²) in [7, 11) is 0. The van der Waals surface area contributed by atoms with Gasteiger partial charge in [0, 0.05) is 33.3 Å². The molecule has 0 N–H and O–H groups in total. The van der Waals surface area contributed by atoms with Crippen LogP contribution in [0.2, 0.25) is 0 Å². The number of benzene rings is 9. The lowest BCUT2D eigenvalue weighted by atomic mass is 9.98. The molecular formula is C56H36N4. The maximum Gasteiger partial charge on any atom is 0.160 e. The van der Waals surface area contributed by atoms with Gasteiger partial charge in [0.2, 0.25) is 0 Å². The van der Waals surface area contributed by atoms with E-state index in [-0.39, 0.29) is 0 Å². The summed E-state index contributed by atoms with van der Waals surface area (Å²) in [5.41, 5.74) is 15.5. The molecule has 0 aliphatic carbocycles. The molecule has 0 bridgehead atoms. The van der Waals surface area contributed by atoms with E-state index < -0.39 is 0 Å². The van der Waals surface area contributed by atoms with Crippen LogP contribution in [0.1, 0.15) is 0 Å². The number of hydrogen-bond acceptors (Lipinski definition) is 2. The average Bonchev–Trinajstić information content (AvgIpc) is 3.84. The molecule has 0 spiro atoms. The van der Waals surface area contributed by atoms with E-state index in [0.29, 0.717) is 5.82 Å².